The van der Waals surface area contributed by atoms with E-state index in [4.69, 9.17) is 5.73 Å². The maximum atomic E-state index is 14.0. The third-order valence-electron chi connectivity index (χ3n) is 7.95. The third-order valence-corrected chi connectivity index (χ3v) is 9.65. The number of hydrogen-bond acceptors (Lipinski definition) is 7. The van der Waals surface area contributed by atoms with E-state index in [-0.39, 0.29) is 21.0 Å². The Balaban J connectivity index is 1.46. The van der Waals surface area contributed by atoms with Crippen LogP contribution in [0.2, 0.25) is 0 Å². The van der Waals surface area contributed by atoms with Crippen LogP contribution in [0.1, 0.15) is 56.0 Å². The highest BCUT2D eigenvalue weighted by molar-refractivity contribution is 7.91. The van der Waals surface area contributed by atoms with E-state index in [9.17, 15) is 13.2 Å². The van der Waals surface area contributed by atoms with Crippen molar-refractivity contribution in [3.8, 4) is 0 Å². The number of nitrogens with zero attached hydrogens (tertiary/aromatic N) is 4. The molecule has 2 aliphatic rings. The quantitative estimate of drug-likeness (QED) is 0.464. The predicted octanol–water partition coefficient (Wildman–Crippen LogP) is 4.49. The summed E-state index contributed by atoms with van der Waals surface area (Å²) in [6, 6.07) is 16.8. The lowest BCUT2D eigenvalue weighted by Crippen LogP contribution is -2.40. The lowest BCUT2D eigenvalue weighted by Gasteiger charge is -2.34. The number of aromatic nitrogens is 2. The highest BCUT2D eigenvalue weighted by Crippen LogP contribution is 2.39. The Hall–Kier alpha value is -3.46. The van der Waals surface area contributed by atoms with Gasteiger partial charge < -0.3 is 15.5 Å². The maximum Gasteiger partial charge on any atom is 0.253 e. The minimum Gasteiger partial charge on any atom is -0.365 e. The fourth-order valence-electron chi connectivity index (χ4n) is 6.28. The van der Waals surface area contributed by atoms with E-state index < -0.39 is 15.7 Å². The van der Waals surface area contributed by atoms with E-state index in [2.05, 4.69) is 59.9 Å². The van der Waals surface area contributed by atoms with Gasteiger partial charge in [0.15, 0.2) is 5.03 Å². The number of amides is 1. The average Bonchev–Trinajstić information content (AvgIpc) is 3.20. The summed E-state index contributed by atoms with van der Waals surface area (Å²) in [4.78, 5) is 25.8. The fraction of sp³-hybridized carbons (Fsp3) is 0.433. The Morgan fingerprint density at radius 1 is 1.08 bits per heavy atom. The zero-order valence-electron chi connectivity index (χ0n) is 22.9. The summed E-state index contributed by atoms with van der Waals surface area (Å²) in [5.74, 6) is 0.949. The molecule has 2 fully saturated rings. The molecule has 1 amide bonds. The van der Waals surface area contributed by atoms with Crippen molar-refractivity contribution in [3.05, 3.63) is 71.9 Å². The van der Waals surface area contributed by atoms with Crippen LogP contribution in [0.5, 0.6) is 0 Å². The Labute approximate surface area is 231 Å². The normalized spacial score (nSPS) is 21.2. The minimum absolute atomic E-state index is 0.0761. The molecule has 2 aliphatic heterocycles. The van der Waals surface area contributed by atoms with Crippen molar-refractivity contribution in [1.29, 1.82) is 0 Å². The summed E-state index contributed by atoms with van der Waals surface area (Å²) in [6.45, 7) is 8.55. The van der Waals surface area contributed by atoms with Crippen LogP contribution in [0.25, 0.3) is 0 Å². The molecule has 5 rings (SSSR count). The maximum absolute atomic E-state index is 14.0. The average molecular weight is 548 g/mol. The van der Waals surface area contributed by atoms with Crippen LogP contribution in [0, 0.1) is 11.8 Å². The first-order valence-corrected chi connectivity index (χ1v) is 15.1. The molecule has 39 heavy (non-hydrogen) atoms. The van der Waals surface area contributed by atoms with Gasteiger partial charge in [-0.05, 0) is 75.1 Å². The smallest absolute Gasteiger partial charge is 0.253 e. The van der Waals surface area contributed by atoms with Crippen molar-refractivity contribution in [2.75, 3.05) is 29.4 Å². The van der Waals surface area contributed by atoms with Gasteiger partial charge in [-0.25, -0.2) is 18.4 Å². The zero-order chi connectivity index (χ0) is 27.8. The molecule has 0 saturated carbocycles. The van der Waals surface area contributed by atoms with Gasteiger partial charge in [-0.3, -0.25) is 4.79 Å². The van der Waals surface area contributed by atoms with Gasteiger partial charge in [0.1, 0.15) is 17.2 Å². The number of anilines is 2. The predicted molar refractivity (Wildman–Crippen MR) is 153 cm³/mol. The van der Waals surface area contributed by atoms with E-state index in [1.165, 1.54) is 23.9 Å². The standard InChI is InChI=1S/C30H37N5O3S/c1-21-18-30(2,3)35(19-21)29-27(28(31)36)24(14-15-32-29)39(37,38)26-13-7-12-25(33-26)34-16-8-11-23(20-34)17-22-9-5-4-6-10-22/h4-7,9-10,12-15,21,23H,8,11,16-20H2,1-3H3,(H2,31,36). The van der Waals surface area contributed by atoms with Crippen LogP contribution >= 0.6 is 0 Å². The number of hydrogen-bond donors (Lipinski definition) is 1. The van der Waals surface area contributed by atoms with E-state index in [0.717, 1.165) is 38.8 Å². The first-order valence-electron chi connectivity index (χ1n) is 13.6. The van der Waals surface area contributed by atoms with Crippen LogP contribution in [0.15, 0.2) is 70.7 Å². The van der Waals surface area contributed by atoms with Crippen LogP contribution in [0.3, 0.4) is 0 Å². The van der Waals surface area contributed by atoms with E-state index in [0.29, 0.717) is 30.0 Å². The number of rotatable bonds is 7. The molecule has 206 valence electrons. The Bertz CT molecular complexity index is 1460. The molecule has 2 unspecified atom stereocenters. The van der Waals surface area contributed by atoms with Gasteiger partial charge in [0.25, 0.3) is 5.91 Å². The molecule has 2 saturated heterocycles. The number of carbonyl (C=O) groups is 1. The number of sulfone groups is 1. The zero-order valence-corrected chi connectivity index (χ0v) is 23.7. The lowest BCUT2D eigenvalue weighted by atomic mass is 9.91. The lowest BCUT2D eigenvalue weighted by molar-refractivity contribution is 0.0997. The van der Waals surface area contributed by atoms with E-state index >= 15 is 0 Å². The summed E-state index contributed by atoms with van der Waals surface area (Å²) in [7, 11) is -4.15. The molecule has 0 aliphatic carbocycles. The van der Waals surface area contributed by atoms with E-state index in [1.807, 2.05) is 17.0 Å². The fourth-order valence-corrected chi connectivity index (χ4v) is 7.68. The van der Waals surface area contributed by atoms with Crippen molar-refractivity contribution in [1.82, 2.24) is 9.97 Å². The van der Waals surface area contributed by atoms with Crippen LogP contribution in [-0.4, -0.2) is 49.5 Å². The number of piperidine rings is 1. The summed E-state index contributed by atoms with van der Waals surface area (Å²) < 4.78 is 27.9. The molecule has 2 aromatic heterocycles. The van der Waals surface area contributed by atoms with E-state index in [1.54, 1.807) is 6.07 Å². The highest BCUT2D eigenvalue weighted by atomic mass is 32.2. The van der Waals surface area contributed by atoms with Crippen LogP contribution in [0.4, 0.5) is 11.6 Å². The molecule has 9 heteroatoms. The van der Waals surface area contributed by atoms with Gasteiger partial charge in [-0.15, -0.1) is 0 Å². The van der Waals surface area contributed by atoms with Crippen molar-refractivity contribution in [3.63, 3.8) is 0 Å². The minimum atomic E-state index is -4.15. The molecular formula is C30H37N5O3S. The number of pyridine rings is 2. The first-order chi connectivity index (χ1) is 18.6. The SMILES string of the molecule is CC1CN(c2nccc(S(=O)(=O)c3cccc(N4CCCC(Cc5ccccc5)C4)n3)c2C(N)=O)C(C)(C)C1. The van der Waals surface area contributed by atoms with Crippen LogP contribution < -0.4 is 15.5 Å². The molecule has 0 spiro atoms. The van der Waals surface area contributed by atoms with Crippen molar-refractivity contribution in [2.45, 2.75) is 61.9 Å². The van der Waals surface area contributed by atoms with Crippen molar-refractivity contribution in [2.24, 2.45) is 17.6 Å². The first kappa shape index (κ1) is 27.1. The molecule has 0 radical (unpaired) electrons. The van der Waals surface area contributed by atoms with Gasteiger partial charge in [-0.1, -0.05) is 43.3 Å². The van der Waals surface area contributed by atoms with Crippen molar-refractivity contribution >= 4 is 27.4 Å². The van der Waals surface area contributed by atoms with Gasteiger partial charge in [0.05, 0.1) is 4.90 Å². The summed E-state index contributed by atoms with van der Waals surface area (Å²) >= 11 is 0. The topological polar surface area (TPSA) is 109 Å². The summed E-state index contributed by atoms with van der Waals surface area (Å²) in [5, 5.41) is -0.0983. The molecule has 8 nitrogen and oxygen atoms in total. The third kappa shape index (κ3) is 5.50. The molecule has 1 aromatic carbocycles. The molecule has 2 N–H and O–H groups in total. The summed E-state index contributed by atoms with van der Waals surface area (Å²) in [5.41, 5.74) is 6.74. The van der Waals surface area contributed by atoms with Gasteiger partial charge in [0.2, 0.25) is 9.84 Å². The number of benzene rings is 1. The van der Waals surface area contributed by atoms with Gasteiger partial charge in [-0.2, -0.15) is 0 Å². The molecule has 3 aromatic rings. The molecular weight excluding hydrogens is 510 g/mol. The second-order valence-electron chi connectivity index (χ2n) is 11.6. The highest BCUT2D eigenvalue weighted by Gasteiger charge is 2.40. The Morgan fingerprint density at radius 3 is 2.54 bits per heavy atom. The Kier molecular flexibility index (Phi) is 7.37. The van der Waals surface area contributed by atoms with Crippen LogP contribution in [-0.2, 0) is 16.3 Å². The molecule has 0 bridgehead atoms. The molecule has 2 atom stereocenters. The van der Waals surface area contributed by atoms with Gasteiger partial charge >= 0.3 is 0 Å². The number of carbonyl (C=O) groups excluding carboxylic acids is 1. The largest absolute Gasteiger partial charge is 0.365 e. The monoisotopic (exact) mass is 547 g/mol. The summed E-state index contributed by atoms with van der Waals surface area (Å²) in [6.07, 6.45) is 5.45. The molecule has 4 heterocycles. The van der Waals surface area contributed by atoms with Crippen molar-refractivity contribution < 1.29 is 13.2 Å². The number of nitrogens with two attached hydrogens (primary N) is 1. The second-order valence-corrected chi connectivity index (χ2v) is 13.5. The van der Waals surface area contributed by atoms with Gasteiger partial charge in [0, 0.05) is 31.4 Å². The number of primary amides is 1. The second kappa shape index (κ2) is 10.6. The Morgan fingerprint density at radius 2 is 1.85 bits per heavy atom.